The van der Waals surface area contributed by atoms with Gasteiger partial charge in [-0.15, -0.1) is 0 Å². The maximum absolute atomic E-state index is 12.8. The van der Waals surface area contributed by atoms with Crippen LogP contribution < -0.4 is 16.0 Å². The third kappa shape index (κ3) is 3.88. The molecule has 3 amide bonds. The average molecular weight is 385 g/mol. The summed E-state index contributed by atoms with van der Waals surface area (Å²) in [6.45, 7) is 6.60. The first-order valence-corrected chi connectivity index (χ1v) is 10.1. The molecule has 1 aromatic carbocycles. The van der Waals surface area contributed by atoms with Crippen LogP contribution in [0, 0.1) is 0 Å². The molecule has 8 nitrogen and oxygen atoms in total. The normalized spacial score (nSPS) is 22.9. The first-order valence-electron chi connectivity index (χ1n) is 10.1. The lowest BCUT2D eigenvalue weighted by molar-refractivity contribution is -0.136. The van der Waals surface area contributed by atoms with Crippen molar-refractivity contribution in [3.8, 4) is 0 Å². The summed E-state index contributed by atoms with van der Waals surface area (Å²) < 4.78 is 0. The van der Waals surface area contributed by atoms with Crippen molar-refractivity contribution >= 4 is 23.4 Å². The van der Waals surface area contributed by atoms with Gasteiger partial charge in [-0.3, -0.25) is 19.7 Å². The molecular weight excluding hydrogens is 358 g/mol. The molecular formula is C20H27N5O3. The van der Waals surface area contributed by atoms with Gasteiger partial charge in [-0.2, -0.15) is 0 Å². The number of hydrogen-bond acceptors (Lipinski definition) is 6. The minimum absolute atomic E-state index is 0.131. The number of nitrogens with one attached hydrogen (secondary N) is 3. The molecule has 1 unspecified atom stereocenters. The van der Waals surface area contributed by atoms with E-state index < -0.39 is 6.04 Å². The Labute approximate surface area is 164 Å². The first-order chi connectivity index (χ1) is 13.6. The lowest BCUT2D eigenvalue weighted by Gasteiger charge is -2.29. The van der Waals surface area contributed by atoms with Gasteiger partial charge in [0.05, 0.1) is 0 Å². The van der Waals surface area contributed by atoms with E-state index >= 15 is 0 Å². The highest BCUT2D eigenvalue weighted by Crippen LogP contribution is 2.32. The largest absolute Gasteiger partial charge is 0.385 e. The third-order valence-electron chi connectivity index (χ3n) is 5.76. The number of piperazine rings is 1. The molecule has 8 heteroatoms. The number of imide groups is 1. The van der Waals surface area contributed by atoms with Crippen molar-refractivity contribution in [1.82, 2.24) is 20.4 Å². The first kappa shape index (κ1) is 18.9. The summed E-state index contributed by atoms with van der Waals surface area (Å²) in [5.74, 6) is -0.769. The number of carbonyl (C=O) groups is 3. The number of hydrogen-bond donors (Lipinski definition) is 3. The predicted octanol–water partition coefficient (Wildman–Crippen LogP) is 0.155. The molecule has 3 N–H and O–H groups in total. The lowest BCUT2D eigenvalue weighted by Crippen LogP contribution is -2.52. The standard InChI is InChI=1S/C20H27N5O3/c26-18-6-5-17(19(27)23-18)25-13-15-14(20(25)28)3-1-4-16(15)22-7-2-10-24-11-8-21-9-12-24/h1,3-4,17,21-22H,2,5-13H2,(H,23,26,27). The lowest BCUT2D eigenvalue weighted by atomic mass is 10.0. The van der Waals surface area contributed by atoms with Crippen molar-refractivity contribution < 1.29 is 14.4 Å². The fraction of sp³-hybridized carbons (Fsp3) is 0.550. The van der Waals surface area contributed by atoms with Crippen LogP contribution >= 0.6 is 0 Å². The Bertz CT molecular complexity index is 775. The third-order valence-corrected chi connectivity index (χ3v) is 5.76. The number of carbonyl (C=O) groups excluding carboxylic acids is 3. The number of anilines is 1. The maximum atomic E-state index is 12.8. The Balaban J connectivity index is 1.37. The Morgan fingerprint density at radius 3 is 2.75 bits per heavy atom. The molecule has 1 atom stereocenters. The van der Waals surface area contributed by atoms with Crippen LogP contribution in [0.25, 0.3) is 0 Å². The van der Waals surface area contributed by atoms with E-state index in [2.05, 4.69) is 20.9 Å². The van der Waals surface area contributed by atoms with Crippen LogP contribution in [0.15, 0.2) is 18.2 Å². The Hall–Kier alpha value is -2.45. The van der Waals surface area contributed by atoms with Crippen LogP contribution in [0.5, 0.6) is 0 Å². The zero-order valence-electron chi connectivity index (χ0n) is 16.0. The molecule has 2 saturated heterocycles. The van der Waals surface area contributed by atoms with Crippen LogP contribution in [-0.2, 0) is 16.1 Å². The minimum Gasteiger partial charge on any atom is -0.385 e. The van der Waals surface area contributed by atoms with E-state index in [0.29, 0.717) is 18.5 Å². The predicted molar refractivity (Wildman–Crippen MR) is 105 cm³/mol. The molecule has 1 aromatic rings. The van der Waals surface area contributed by atoms with Gasteiger partial charge in [0.1, 0.15) is 6.04 Å². The van der Waals surface area contributed by atoms with Gasteiger partial charge in [-0.25, -0.2) is 0 Å². The van der Waals surface area contributed by atoms with E-state index in [1.807, 2.05) is 18.2 Å². The van der Waals surface area contributed by atoms with Gasteiger partial charge in [-0.05, 0) is 31.5 Å². The molecule has 28 heavy (non-hydrogen) atoms. The van der Waals surface area contributed by atoms with E-state index in [1.54, 1.807) is 4.90 Å². The van der Waals surface area contributed by atoms with E-state index in [1.165, 1.54) is 0 Å². The molecule has 0 aliphatic carbocycles. The number of benzene rings is 1. The second-order valence-corrected chi connectivity index (χ2v) is 7.60. The molecule has 0 saturated carbocycles. The molecule has 150 valence electrons. The van der Waals surface area contributed by atoms with Gasteiger partial charge in [0, 0.05) is 62.5 Å². The highest BCUT2D eigenvalue weighted by Gasteiger charge is 2.39. The Kier molecular flexibility index (Phi) is 5.59. The average Bonchev–Trinajstić information content (AvgIpc) is 3.03. The molecule has 2 fully saturated rings. The Morgan fingerprint density at radius 2 is 1.96 bits per heavy atom. The second-order valence-electron chi connectivity index (χ2n) is 7.60. The van der Waals surface area contributed by atoms with Crippen molar-refractivity contribution in [3.05, 3.63) is 29.3 Å². The second kappa shape index (κ2) is 8.28. The molecule has 0 radical (unpaired) electrons. The quantitative estimate of drug-likeness (QED) is 0.477. The van der Waals surface area contributed by atoms with Crippen molar-refractivity contribution in [1.29, 1.82) is 0 Å². The van der Waals surface area contributed by atoms with Crippen molar-refractivity contribution in [2.24, 2.45) is 0 Å². The fourth-order valence-electron chi connectivity index (χ4n) is 4.21. The number of nitrogens with zero attached hydrogens (tertiary/aromatic N) is 2. The molecule has 0 spiro atoms. The van der Waals surface area contributed by atoms with Crippen LogP contribution in [0.2, 0.25) is 0 Å². The molecule has 0 aromatic heterocycles. The van der Waals surface area contributed by atoms with Crippen molar-refractivity contribution in [2.75, 3.05) is 44.6 Å². The topological polar surface area (TPSA) is 93.8 Å². The van der Waals surface area contributed by atoms with Crippen LogP contribution in [0.1, 0.15) is 35.2 Å². The van der Waals surface area contributed by atoms with Gasteiger partial charge < -0.3 is 20.4 Å². The van der Waals surface area contributed by atoms with Crippen molar-refractivity contribution in [2.45, 2.75) is 31.8 Å². The van der Waals surface area contributed by atoms with Gasteiger partial charge in [0.2, 0.25) is 11.8 Å². The SMILES string of the molecule is O=C1CCC(N2Cc3c(NCCCN4CCNCC4)cccc3C2=O)C(=O)N1. The number of fused-ring (bicyclic) bond motifs is 1. The summed E-state index contributed by atoms with van der Waals surface area (Å²) in [5, 5.41) is 9.17. The number of amides is 3. The van der Waals surface area contributed by atoms with E-state index in [4.69, 9.17) is 0 Å². The summed E-state index contributed by atoms with van der Waals surface area (Å²) in [6.07, 6.45) is 1.69. The van der Waals surface area contributed by atoms with Crippen LogP contribution in [0.3, 0.4) is 0 Å². The van der Waals surface area contributed by atoms with Gasteiger partial charge in [-0.1, -0.05) is 6.07 Å². The van der Waals surface area contributed by atoms with E-state index in [0.717, 1.165) is 56.9 Å². The molecule has 0 bridgehead atoms. The summed E-state index contributed by atoms with van der Waals surface area (Å²) in [7, 11) is 0. The summed E-state index contributed by atoms with van der Waals surface area (Å²) in [4.78, 5) is 40.5. The van der Waals surface area contributed by atoms with Gasteiger partial charge in [0.15, 0.2) is 0 Å². The summed E-state index contributed by atoms with van der Waals surface area (Å²) >= 11 is 0. The monoisotopic (exact) mass is 385 g/mol. The number of rotatable bonds is 6. The molecule has 3 aliphatic rings. The summed E-state index contributed by atoms with van der Waals surface area (Å²) in [5.41, 5.74) is 2.55. The zero-order valence-corrected chi connectivity index (χ0v) is 16.0. The van der Waals surface area contributed by atoms with E-state index in [9.17, 15) is 14.4 Å². The van der Waals surface area contributed by atoms with Gasteiger partial charge in [0.25, 0.3) is 5.91 Å². The smallest absolute Gasteiger partial charge is 0.255 e. The van der Waals surface area contributed by atoms with Crippen LogP contribution in [0.4, 0.5) is 5.69 Å². The molecule has 3 aliphatic heterocycles. The zero-order chi connectivity index (χ0) is 19.5. The summed E-state index contributed by atoms with van der Waals surface area (Å²) in [6, 6.07) is 5.11. The maximum Gasteiger partial charge on any atom is 0.255 e. The molecule has 4 rings (SSSR count). The Morgan fingerprint density at radius 1 is 1.14 bits per heavy atom. The van der Waals surface area contributed by atoms with Crippen molar-refractivity contribution in [3.63, 3.8) is 0 Å². The molecule has 3 heterocycles. The number of piperidine rings is 1. The van der Waals surface area contributed by atoms with Gasteiger partial charge >= 0.3 is 0 Å². The van der Waals surface area contributed by atoms with Crippen LogP contribution in [-0.4, -0.2) is 72.8 Å². The highest BCUT2D eigenvalue weighted by molar-refractivity contribution is 6.06. The minimum atomic E-state index is -0.571. The highest BCUT2D eigenvalue weighted by atomic mass is 16.2. The fourth-order valence-corrected chi connectivity index (χ4v) is 4.21. The van der Waals surface area contributed by atoms with E-state index in [-0.39, 0.29) is 24.1 Å².